The van der Waals surface area contributed by atoms with Gasteiger partial charge in [0.1, 0.15) is 17.3 Å². The number of rotatable bonds is 5. The molecular weight excluding hydrogens is 454 g/mol. The van der Waals surface area contributed by atoms with Crippen LogP contribution in [0.4, 0.5) is 19.7 Å². The summed E-state index contributed by atoms with van der Waals surface area (Å²) in [6, 6.07) is 13.3. The zero-order valence-corrected chi connectivity index (χ0v) is 20.4. The first-order valence-electron chi connectivity index (χ1n) is 11.4. The van der Waals surface area contributed by atoms with Crippen LogP contribution in [-0.2, 0) is 6.54 Å². The molecule has 1 aliphatic heterocycles. The lowest BCUT2D eigenvalue weighted by Gasteiger charge is -2.34. The first-order valence-corrected chi connectivity index (χ1v) is 12.2. The molecule has 2 aromatic carbocycles. The fourth-order valence-corrected chi connectivity index (χ4v) is 5.11. The minimum Gasteiger partial charge on any atom is -0.364 e. The largest absolute Gasteiger partial charge is 0.364 e. The van der Waals surface area contributed by atoms with Crippen LogP contribution >= 0.6 is 11.3 Å². The van der Waals surface area contributed by atoms with E-state index in [1.54, 1.807) is 18.2 Å². The molecule has 1 saturated heterocycles. The number of imidazole rings is 1. The lowest BCUT2D eigenvalue weighted by Crippen LogP contribution is -2.46. The molecule has 3 heterocycles. The summed E-state index contributed by atoms with van der Waals surface area (Å²) < 4.78 is 29.2. The summed E-state index contributed by atoms with van der Waals surface area (Å²) in [5, 5.41) is 9.31. The van der Waals surface area contributed by atoms with Crippen molar-refractivity contribution in [2.24, 2.45) is 0 Å². The third-order valence-corrected chi connectivity index (χ3v) is 6.69. The van der Waals surface area contributed by atoms with Gasteiger partial charge in [0.05, 0.1) is 0 Å². The van der Waals surface area contributed by atoms with Crippen molar-refractivity contribution in [3.05, 3.63) is 65.7 Å². The number of hydrogen-bond donors (Lipinski definition) is 1. The average Bonchev–Trinajstić information content (AvgIpc) is 3.33. The molecule has 9 heteroatoms. The Kier molecular flexibility index (Phi) is 5.99. The highest BCUT2D eigenvalue weighted by Crippen LogP contribution is 2.35. The highest BCUT2D eigenvalue weighted by molar-refractivity contribution is 7.20. The third kappa shape index (κ3) is 4.90. The second kappa shape index (κ2) is 8.96. The van der Waals surface area contributed by atoms with Crippen molar-refractivity contribution in [1.29, 1.82) is 0 Å². The molecule has 1 N–H and O–H groups in total. The topological polar surface area (TPSA) is 48.7 Å². The van der Waals surface area contributed by atoms with Gasteiger partial charge in [-0.1, -0.05) is 35.6 Å². The number of fused-ring (bicyclic) bond motifs is 1. The molecule has 34 heavy (non-hydrogen) atoms. The van der Waals surface area contributed by atoms with E-state index in [-0.39, 0.29) is 17.2 Å². The predicted molar refractivity (Wildman–Crippen MR) is 134 cm³/mol. The number of anilines is 2. The molecule has 0 saturated carbocycles. The van der Waals surface area contributed by atoms with Gasteiger partial charge in [-0.05, 0) is 50.6 Å². The third-order valence-electron chi connectivity index (χ3n) is 5.72. The predicted octanol–water partition coefficient (Wildman–Crippen LogP) is 5.27. The summed E-state index contributed by atoms with van der Waals surface area (Å²) in [6.45, 7) is 10.4. The second-order valence-corrected chi connectivity index (χ2v) is 10.6. The number of nitrogens with zero attached hydrogens (tertiary/aromatic N) is 5. The number of aromatic nitrogens is 3. The molecule has 2 aromatic heterocycles. The van der Waals surface area contributed by atoms with Crippen LogP contribution in [-0.4, -0.2) is 51.2 Å². The number of piperazine rings is 1. The van der Waals surface area contributed by atoms with E-state index in [1.807, 2.05) is 16.6 Å². The highest BCUT2D eigenvalue weighted by Gasteiger charge is 2.25. The fraction of sp³-hybridized carbons (Fsp3) is 0.360. The smallest absolute Gasteiger partial charge is 0.216 e. The van der Waals surface area contributed by atoms with Gasteiger partial charge >= 0.3 is 0 Å². The van der Waals surface area contributed by atoms with Gasteiger partial charge in [0.25, 0.3) is 0 Å². The number of benzene rings is 2. The van der Waals surface area contributed by atoms with Gasteiger partial charge < -0.3 is 10.2 Å². The van der Waals surface area contributed by atoms with Gasteiger partial charge in [-0.15, -0.1) is 5.10 Å². The molecule has 0 atom stereocenters. The maximum absolute atomic E-state index is 13.9. The van der Waals surface area contributed by atoms with Crippen molar-refractivity contribution in [2.45, 2.75) is 32.9 Å². The molecule has 0 amide bonds. The minimum atomic E-state index is -0.291. The van der Waals surface area contributed by atoms with Gasteiger partial charge in [-0.2, -0.15) is 4.52 Å². The van der Waals surface area contributed by atoms with Crippen LogP contribution in [0.1, 0.15) is 26.3 Å². The molecule has 0 radical (unpaired) electrons. The Hall–Kier alpha value is -3.04. The van der Waals surface area contributed by atoms with E-state index in [9.17, 15) is 8.78 Å². The Bertz CT molecular complexity index is 1300. The maximum Gasteiger partial charge on any atom is 0.216 e. The van der Waals surface area contributed by atoms with Crippen molar-refractivity contribution < 1.29 is 8.78 Å². The lowest BCUT2D eigenvalue weighted by molar-refractivity contribution is 0.249. The monoisotopic (exact) mass is 482 g/mol. The molecule has 6 nitrogen and oxygen atoms in total. The second-order valence-electron chi connectivity index (χ2n) is 9.67. The molecule has 5 rings (SSSR count). The summed E-state index contributed by atoms with van der Waals surface area (Å²) in [5.74, 6) is 0.278. The van der Waals surface area contributed by atoms with Crippen molar-refractivity contribution in [1.82, 2.24) is 19.5 Å². The molecule has 0 bridgehead atoms. The number of hydrogen-bond acceptors (Lipinski definition) is 6. The van der Waals surface area contributed by atoms with Crippen LogP contribution in [0.2, 0.25) is 0 Å². The van der Waals surface area contributed by atoms with Crippen LogP contribution in [0, 0.1) is 11.6 Å². The molecule has 178 valence electrons. The van der Waals surface area contributed by atoms with E-state index in [2.05, 4.69) is 35.9 Å². The quantitative estimate of drug-likeness (QED) is 0.420. The molecular formula is C25H28F2N6S. The van der Waals surface area contributed by atoms with Crippen molar-refractivity contribution in [3.63, 3.8) is 0 Å². The summed E-state index contributed by atoms with van der Waals surface area (Å²) in [5.41, 5.74) is 2.19. The summed E-state index contributed by atoms with van der Waals surface area (Å²) in [6.07, 6.45) is 0. The first-order chi connectivity index (χ1) is 16.2. The van der Waals surface area contributed by atoms with Crippen molar-refractivity contribution in [3.8, 4) is 11.3 Å². The van der Waals surface area contributed by atoms with Gasteiger partial charge in [-0.25, -0.2) is 13.8 Å². The van der Waals surface area contributed by atoms with Crippen LogP contribution in [0.15, 0.2) is 48.5 Å². The molecule has 1 aliphatic rings. The van der Waals surface area contributed by atoms with Gasteiger partial charge in [0.2, 0.25) is 10.1 Å². The van der Waals surface area contributed by atoms with Crippen LogP contribution in [0.3, 0.4) is 0 Å². The summed E-state index contributed by atoms with van der Waals surface area (Å²) in [7, 11) is 0. The van der Waals surface area contributed by atoms with Crippen LogP contribution in [0.5, 0.6) is 0 Å². The Morgan fingerprint density at radius 3 is 2.35 bits per heavy atom. The Morgan fingerprint density at radius 1 is 0.971 bits per heavy atom. The molecule has 0 aliphatic carbocycles. The molecule has 1 fully saturated rings. The van der Waals surface area contributed by atoms with E-state index < -0.39 is 0 Å². The fourth-order valence-electron chi connectivity index (χ4n) is 4.16. The zero-order valence-electron chi connectivity index (χ0n) is 19.6. The van der Waals surface area contributed by atoms with E-state index in [4.69, 9.17) is 10.1 Å². The van der Waals surface area contributed by atoms with Gasteiger partial charge in [0, 0.05) is 43.8 Å². The van der Waals surface area contributed by atoms with Gasteiger partial charge in [0.15, 0.2) is 5.82 Å². The van der Waals surface area contributed by atoms with Crippen molar-refractivity contribution >= 4 is 27.2 Å². The van der Waals surface area contributed by atoms with E-state index in [0.717, 1.165) is 59.8 Å². The molecule has 4 aromatic rings. The average molecular weight is 483 g/mol. The first kappa shape index (κ1) is 22.7. The summed E-state index contributed by atoms with van der Waals surface area (Å²) >= 11 is 1.54. The highest BCUT2D eigenvalue weighted by atomic mass is 32.1. The number of halogens is 2. The summed E-state index contributed by atoms with van der Waals surface area (Å²) in [4.78, 5) is 10.2. The van der Waals surface area contributed by atoms with Gasteiger partial charge in [-0.3, -0.25) is 4.90 Å². The Labute approximate surface area is 201 Å². The normalized spacial score (nSPS) is 15.3. The van der Waals surface area contributed by atoms with E-state index >= 15 is 0 Å². The molecule has 0 spiro atoms. The van der Waals surface area contributed by atoms with E-state index in [0.29, 0.717) is 5.69 Å². The van der Waals surface area contributed by atoms with Crippen molar-refractivity contribution in [2.75, 3.05) is 36.4 Å². The lowest BCUT2D eigenvalue weighted by atomic mass is 10.1. The number of nitrogens with one attached hydrogen (secondary N) is 1. The minimum absolute atomic E-state index is 0.195. The standard InChI is InChI=1S/C25H28F2N6S/c1-25(2,3)29-22-21(18-7-5-9-20(27)15-18)28-23-33(22)30-24(34-23)32-12-10-31(11-13-32)16-17-6-4-8-19(26)14-17/h4-9,14-15,29H,10-13,16H2,1-3H3. The molecule has 0 unspecified atom stereocenters. The van der Waals surface area contributed by atoms with Crippen LogP contribution in [0.25, 0.3) is 16.2 Å². The maximum atomic E-state index is 13.9. The SMILES string of the molecule is CC(C)(C)Nc1c(-c2cccc(F)c2)nc2sc(N3CCN(Cc4cccc(F)c4)CC3)nn12. The van der Waals surface area contributed by atoms with E-state index in [1.165, 1.54) is 29.5 Å². The zero-order chi connectivity index (χ0) is 23.9. The van der Waals surface area contributed by atoms with Crippen LogP contribution < -0.4 is 10.2 Å². The Balaban J connectivity index is 1.37. The Morgan fingerprint density at radius 2 is 1.68 bits per heavy atom.